The molecule has 0 aliphatic rings. The summed E-state index contributed by atoms with van der Waals surface area (Å²) >= 11 is 0. The molecule has 0 spiro atoms. The third-order valence-corrected chi connectivity index (χ3v) is 4.27. The van der Waals surface area contributed by atoms with Crippen LogP contribution in [-0.2, 0) is 24.2 Å². The molecule has 2 aromatic carbocycles. The Morgan fingerprint density at radius 3 is 2.36 bits per heavy atom. The van der Waals surface area contributed by atoms with Crippen molar-refractivity contribution in [2.45, 2.75) is 52.7 Å². The second kappa shape index (κ2) is 9.21. The molecule has 134 valence electrons. The smallest absolute Gasteiger partial charge is 0.261 e. The average molecular weight is 343 g/mol. The first-order chi connectivity index (χ1) is 12.1. The number of carbonyl (C=O) groups is 1. The molecule has 3 nitrogen and oxygen atoms in total. The summed E-state index contributed by atoms with van der Waals surface area (Å²) in [5.41, 5.74) is 3.65. The van der Waals surface area contributed by atoms with E-state index >= 15 is 0 Å². The lowest BCUT2D eigenvalue weighted by atomic mass is 10.0. The minimum atomic E-state index is -0.593. The van der Waals surface area contributed by atoms with Crippen molar-refractivity contribution in [1.29, 1.82) is 0 Å². The van der Waals surface area contributed by atoms with Gasteiger partial charge in [0.25, 0.3) is 5.91 Å². The minimum Gasteiger partial charge on any atom is -0.481 e. The quantitative estimate of drug-likeness (QED) is 0.770. The Balaban J connectivity index is 2.01. The molecule has 0 saturated heterocycles. The molecule has 1 atom stereocenters. The van der Waals surface area contributed by atoms with Crippen molar-refractivity contribution in [1.82, 2.24) is 5.32 Å². The summed E-state index contributed by atoms with van der Waals surface area (Å²) in [4.78, 5) is 12.5. The Labute approximate surface area is 149 Å². The molecule has 25 heavy (non-hydrogen) atoms. The summed E-state index contributed by atoms with van der Waals surface area (Å²) in [6.07, 6.45) is 1.85. The zero-order valence-electron chi connectivity index (χ0n) is 15.1. The van der Waals surface area contributed by atoms with E-state index in [4.69, 9.17) is 4.74 Å². The van der Waals surface area contributed by atoms with Crippen LogP contribution in [0.5, 0.6) is 5.75 Å². The Morgan fingerprint density at radius 2 is 1.76 bits per heavy atom. The molecule has 0 bridgehead atoms. The monoisotopic (exact) mass is 343 g/mol. The minimum absolute atomic E-state index is 0.157. The number of rotatable bonds is 8. The van der Waals surface area contributed by atoms with Gasteiger partial charge in [0.2, 0.25) is 0 Å². The molecule has 0 heterocycles. The largest absolute Gasteiger partial charge is 0.481 e. The van der Waals surface area contributed by atoms with Crippen LogP contribution < -0.4 is 10.1 Å². The Bertz CT molecular complexity index is 698. The molecule has 0 aliphatic carbocycles. The lowest BCUT2D eigenvalue weighted by molar-refractivity contribution is -0.128. The first kappa shape index (κ1) is 19.0. The molecule has 2 rings (SSSR count). The Hall–Kier alpha value is -2.36. The molecule has 1 N–H and O–H groups in total. The molecular weight excluding hydrogens is 317 g/mol. The van der Waals surface area contributed by atoms with Crippen molar-refractivity contribution in [2.75, 3.05) is 0 Å². The normalized spacial score (nSPS) is 11.8. The molecule has 0 unspecified atom stereocenters. The van der Waals surface area contributed by atoms with Gasteiger partial charge in [-0.05, 0) is 60.2 Å². The van der Waals surface area contributed by atoms with Gasteiger partial charge in [-0.2, -0.15) is 0 Å². The predicted octanol–water partition coefficient (Wildman–Crippen LogP) is 4.42. The topological polar surface area (TPSA) is 38.3 Å². The van der Waals surface area contributed by atoms with Crippen LogP contribution in [0.1, 0.15) is 43.9 Å². The second-order valence-corrected chi connectivity index (χ2v) is 6.00. The van der Waals surface area contributed by atoms with E-state index in [9.17, 15) is 9.18 Å². The first-order valence-corrected chi connectivity index (χ1v) is 8.87. The molecule has 0 aromatic heterocycles. The van der Waals surface area contributed by atoms with Gasteiger partial charge < -0.3 is 10.1 Å². The van der Waals surface area contributed by atoms with Crippen molar-refractivity contribution in [3.63, 3.8) is 0 Å². The predicted molar refractivity (Wildman–Crippen MR) is 98.2 cm³/mol. The van der Waals surface area contributed by atoms with Crippen molar-refractivity contribution in [3.8, 4) is 5.75 Å². The second-order valence-electron chi connectivity index (χ2n) is 6.00. The highest BCUT2D eigenvalue weighted by atomic mass is 19.1. The van der Waals surface area contributed by atoms with E-state index in [2.05, 4.69) is 37.4 Å². The lowest BCUT2D eigenvalue weighted by Crippen LogP contribution is -2.37. The molecule has 4 heteroatoms. The number of benzene rings is 2. The number of amides is 1. The van der Waals surface area contributed by atoms with Crippen molar-refractivity contribution in [3.05, 3.63) is 65.0 Å². The molecule has 2 aromatic rings. The van der Waals surface area contributed by atoms with Crippen LogP contribution in [0.4, 0.5) is 4.39 Å². The fraction of sp³-hybridized carbons (Fsp3) is 0.381. The summed E-state index contributed by atoms with van der Waals surface area (Å²) in [5, 5.41) is 2.97. The summed E-state index contributed by atoms with van der Waals surface area (Å²) in [5.74, 6) is 0.00848. The standard InChI is InChI=1S/C21H26FNO2/c1-4-15-7-8-16(5-2)17(13-15)14-23-21(24)20(6-3)25-19-11-9-18(22)10-12-19/h7-13,20H,4-6,14H2,1-3H3,(H,23,24)/t20-/m0/s1. The number of hydrogen-bond donors (Lipinski definition) is 1. The zero-order valence-corrected chi connectivity index (χ0v) is 15.1. The van der Waals surface area contributed by atoms with Crippen LogP contribution in [0, 0.1) is 5.82 Å². The summed E-state index contributed by atoms with van der Waals surface area (Å²) < 4.78 is 18.7. The third kappa shape index (κ3) is 5.31. The van der Waals surface area contributed by atoms with Crippen molar-refractivity contribution >= 4 is 5.91 Å². The van der Waals surface area contributed by atoms with Gasteiger partial charge in [0, 0.05) is 6.54 Å². The maximum atomic E-state index is 13.0. The first-order valence-electron chi connectivity index (χ1n) is 8.87. The number of aryl methyl sites for hydroxylation is 2. The highest BCUT2D eigenvalue weighted by Crippen LogP contribution is 2.16. The van der Waals surface area contributed by atoms with Crippen LogP contribution in [0.3, 0.4) is 0 Å². The van der Waals surface area contributed by atoms with E-state index in [0.717, 1.165) is 18.4 Å². The number of nitrogens with one attached hydrogen (secondary N) is 1. The van der Waals surface area contributed by atoms with Crippen LogP contribution in [-0.4, -0.2) is 12.0 Å². The van der Waals surface area contributed by atoms with E-state index < -0.39 is 6.10 Å². The average Bonchev–Trinajstić information content (AvgIpc) is 2.65. The van der Waals surface area contributed by atoms with Crippen LogP contribution in [0.2, 0.25) is 0 Å². The fourth-order valence-electron chi connectivity index (χ4n) is 2.70. The van der Waals surface area contributed by atoms with Gasteiger partial charge in [-0.15, -0.1) is 0 Å². The van der Waals surface area contributed by atoms with Gasteiger partial charge in [-0.1, -0.05) is 39.0 Å². The molecular formula is C21H26FNO2. The van der Waals surface area contributed by atoms with Crippen LogP contribution >= 0.6 is 0 Å². The molecule has 0 aliphatic heterocycles. The van der Waals surface area contributed by atoms with Gasteiger partial charge in [0.05, 0.1) is 0 Å². The number of halogens is 1. The maximum Gasteiger partial charge on any atom is 0.261 e. The zero-order chi connectivity index (χ0) is 18.2. The van der Waals surface area contributed by atoms with E-state index in [-0.39, 0.29) is 11.7 Å². The van der Waals surface area contributed by atoms with Crippen LogP contribution in [0.15, 0.2) is 42.5 Å². The summed E-state index contributed by atoms with van der Waals surface area (Å²) in [6.45, 7) is 6.60. The highest BCUT2D eigenvalue weighted by Gasteiger charge is 2.18. The van der Waals surface area contributed by atoms with E-state index in [1.165, 1.54) is 35.4 Å². The highest BCUT2D eigenvalue weighted by molar-refractivity contribution is 5.81. The van der Waals surface area contributed by atoms with Crippen molar-refractivity contribution in [2.24, 2.45) is 0 Å². The van der Waals surface area contributed by atoms with E-state index in [1.54, 1.807) is 0 Å². The van der Waals surface area contributed by atoms with Gasteiger partial charge in [0.1, 0.15) is 11.6 Å². The SMILES string of the molecule is CCc1ccc(CC)c(CNC(=O)[C@H](CC)Oc2ccc(F)cc2)c1. The van der Waals surface area contributed by atoms with Gasteiger partial charge >= 0.3 is 0 Å². The number of hydrogen-bond acceptors (Lipinski definition) is 2. The number of ether oxygens (including phenoxy) is 1. The Kier molecular flexibility index (Phi) is 6.99. The number of carbonyl (C=O) groups excluding carboxylic acids is 1. The maximum absolute atomic E-state index is 13.0. The van der Waals surface area contributed by atoms with Crippen LogP contribution in [0.25, 0.3) is 0 Å². The molecule has 0 fully saturated rings. The Morgan fingerprint density at radius 1 is 1.04 bits per heavy atom. The van der Waals surface area contributed by atoms with Gasteiger partial charge in [-0.25, -0.2) is 4.39 Å². The molecule has 0 radical (unpaired) electrons. The molecule has 0 saturated carbocycles. The van der Waals surface area contributed by atoms with E-state index in [1.807, 2.05) is 6.92 Å². The molecule has 1 amide bonds. The van der Waals surface area contributed by atoms with Crippen molar-refractivity contribution < 1.29 is 13.9 Å². The lowest BCUT2D eigenvalue weighted by Gasteiger charge is -2.18. The third-order valence-electron chi connectivity index (χ3n) is 4.27. The van der Waals surface area contributed by atoms with Gasteiger partial charge in [0.15, 0.2) is 6.10 Å². The summed E-state index contributed by atoms with van der Waals surface area (Å²) in [7, 11) is 0. The summed E-state index contributed by atoms with van der Waals surface area (Å²) in [6, 6.07) is 12.1. The van der Waals surface area contributed by atoms with Gasteiger partial charge in [-0.3, -0.25) is 4.79 Å². The fourth-order valence-corrected chi connectivity index (χ4v) is 2.70. The van der Waals surface area contributed by atoms with E-state index in [0.29, 0.717) is 18.7 Å².